The Morgan fingerprint density at radius 2 is 1.62 bits per heavy atom. The Bertz CT molecular complexity index is 751. The summed E-state index contributed by atoms with van der Waals surface area (Å²) in [5, 5.41) is 0. The molecule has 3 rings (SSSR count). The summed E-state index contributed by atoms with van der Waals surface area (Å²) in [5.74, 6) is 0.149. The molecule has 1 fully saturated rings. The van der Waals surface area contributed by atoms with Gasteiger partial charge in [0.25, 0.3) is 0 Å². The summed E-state index contributed by atoms with van der Waals surface area (Å²) in [6.07, 6.45) is 0. The first-order valence-corrected chi connectivity index (χ1v) is 9.37. The van der Waals surface area contributed by atoms with Crippen LogP contribution in [0.5, 0.6) is 0 Å². The van der Waals surface area contributed by atoms with Crippen LogP contribution in [-0.2, 0) is 4.79 Å². The first-order chi connectivity index (χ1) is 12.5. The number of hydrogen-bond acceptors (Lipinski definition) is 3. The van der Waals surface area contributed by atoms with Crippen LogP contribution in [0.15, 0.2) is 48.5 Å². The number of amides is 1. The fourth-order valence-electron chi connectivity index (χ4n) is 3.64. The highest BCUT2D eigenvalue weighted by Crippen LogP contribution is 2.24. The zero-order chi connectivity index (χ0) is 18.7. The number of anilines is 2. The number of carbonyl (C=O) groups is 1. The monoisotopic (exact) mass is 351 g/mol. The van der Waals surface area contributed by atoms with E-state index in [2.05, 4.69) is 41.8 Å². The predicted molar refractivity (Wildman–Crippen MR) is 109 cm³/mol. The standard InChI is InChI=1S/C22H29N3O/c1-17-9-8-12-21(18(17)2)25-15-13-24(14-16-25)19(3)22(26)23(4)20-10-6-5-7-11-20/h5-12,19H,13-16H2,1-4H3. The second-order valence-corrected chi connectivity index (χ2v) is 7.15. The highest BCUT2D eigenvalue weighted by atomic mass is 16.2. The van der Waals surface area contributed by atoms with Gasteiger partial charge in [0.1, 0.15) is 0 Å². The Labute approximate surface area is 157 Å². The van der Waals surface area contributed by atoms with Gasteiger partial charge < -0.3 is 9.80 Å². The van der Waals surface area contributed by atoms with Crippen LogP contribution in [0.4, 0.5) is 11.4 Å². The van der Waals surface area contributed by atoms with E-state index < -0.39 is 0 Å². The molecule has 1 heterocycles. The van der Waals surface area contributed by atoms with Crippen LogP contribution in [0.2, 0.25) is 0 Å². The average molecular weight is 351 g/mol. The summed E-state index contributed by atoms with van der Waals surface area (Å²) in [5.41, 5.74) is 4.95. The van der Waals surface area contributed by atoms with Gasteiger partial charge in [-0.25, -0.2) is 0 Å². The minimum Gasteiger partial charge on any atom is -0.369 e. The lowest BCUT2D eigenvalue weighted by Crippen LogP contribution is -2.54. The van der Waals surface area contributed by atoms with Gasteiger partial charge in [-0.2, -0.15) is 0 Å². The Balaban J connectivity index is 1.62. The third-order valence-electron chi connectivity index (χ3n) is 5.61. The molecular formula is C22H29N3O. The van der Waals surface area contributed by atoms with Crippen LogP contribution in [0.25, 0.3) is 0 Å². The molecule has 4 heteroatoms. The summed E-state index contributed by atoms with van der Waals surface area (Å²) >= 11 is 0. The van der Waals surface area contributed by atoms with Crippen LogP contribution < -0.4 is 9.80 Å². The maximum Gasteiger partial charge on any atom is 0.243 e. The molecule has 0 saturated carbocycles. The first kappa shape index (κ1) is 18.5. The number of para-hydroxylation sites is 1. The molecule has 1 unspecified atom stereocenters. The largest absolute Gasteiger partial charge is 0.369 e. The molecule has 26 heavy (non-hydrogen) atoms. The third kappa shape index (κ3) is 3.75. The van der Waals surface area contributed by atoms with Gasteiger partial charge in [0, 0.05) is 44.6 Å². The molecule has 0 radical (unpaired) electrons. The quantitative estimate of drug-likeness (QED) is 0.844. The molecule has 1 atom stereocenters. The van der Waals surface area contributed by atoms with Crippen LogP contribution >= 0.6 is 0 Å². The van der Waals surface area contributed by atoms with Crippen molar-refractivity contribution in [2.24, 2.45) is 0 Å². The first-order valence-electron chi connectivity index (χ1n) is 9.37. The smallest absolute Gasteiger partial charge is 0.243 e. The highest BCUT2D eigenvalue weighted by molar-refractivity contribution is 5.96. The fourth-order valence-corrected chi connectivity index (χ4v) is 3.64. The van der Waals surface area contributed by atoms with Gasteiger partial charge in [0.05, 0.1) is 6.04 Å². The number of hydrogen-bond donors (Lipinski definition) is 0. The minimum atomic E-state index is -0.110. The number of rotatable bonds is 4. The van der Waals surface area contributed by atoms with E-state index in [0.717, 1.165) is 31.9 Å². The zero-order valence-electron chi connectivity index (χ0n) is 16.3. The number of likely N-dealkylation sites (N-methyl/N-ethyl adjacent to an activating group) is 1. The lowest BCUT2D eigenvalue weighted by molar-refractivity contribution is -0.123. The fraction of sp³-hybridized carbons (Fsp3) is 0.409. The van der Waals surface area contributed by atoms with Crippen LogP contribution in [-0.4, -0.2) is 50.1 Å². The van der Waals surface area contributed by atoms with Crippen LogP contribution in [0.3, 0.4) is 0 Å². The minimum absolute atomic E-state index is 0.110. The van der Waals surface area contributed by atoms with Gasteiger partial charge in [0.2, 0.25) is 5.91 Å². The van der Waals surface area contributed by atoms with E-state index >= 15 is 0 Å². The molecule has 2 aromatic rings. The Hall–Kier alpha value is -2.33. The second-order valence-electron chi connectivity index (χ2n) is 7.15. The molecule has 0 N–H and O–H groups in total. The predicted octanol–water partition coefficient (Wildman–Crippen LogP) is 3.48. The maximum absolute atomic E-state index is 12.9. The molecule has 0 spiro atoms. The Kier molecular flexibility index (Phi) is 5.62. The van der Waals surface area contributed by atoms with E-state index in [-0.39, 0.29) is 11.9 Å². The molecule has 1 aliphatic rings. The van der Waals surface area contributed by atoms with Crippen LogP contribution in [0.1, 0.15) is 18.1 Å². The molecule has 0 aliphatic carbocycles. The van der Waals surface area contributed by atoms with Crippen LogP contribution in [0, 0.1) is 13.8 Å². The lowest BCUT2D eigenvalue weighted by atomic mass is 10.1. The number of nitrogens with zero attached hydrogens (tertiary/aromatic N) is 3. The van der Waals surface area contributed by atoms with Gasteiger partial charge in [0.15, 0.2) is 0 Å². The summed E-state index contributed by atoms with van der Waals surface area (Å²) < 4.78 is 0. The molecule has 1 saturated heterocycles. The van der Waals surface area contributed by atoms with Crippen molar-refractivity contribution in [3.05, 3.63) is 59.7 Å². The number of aryl methyl sites for hydroxylation is 1. The van der Waals surface area contributed by atoms with Crippen molar-refractivity contribution in [1.82, 2.24) is 4.90 Å². The molecule has 0 bridgehead atoms. The van der Waals surface area contributed by atoms with E-state index in [1.54, 1.807) is 4.90 Å². The van der Waals surface area contributed by atoms with Crippen molar-refractivity contribution >= 4 is 17.3 Å². The van der Waals surface area contributed by atoms with Crippen molar-refractivity contribution in [2.75, 3.05) is 43.0 Å². The normalized spacial score (nSPS) is 16.4. The highest BCUT2D eigenvalue weighted by Gasteiger charge is 2.28. The summed E-state index contributed by atoms with van der Waals surface area (Å²) in [7, 11) is 1.86. The number of carbonyl (C=O) groups excluding carboxylic acids is 1. The van der Waals surface area contributed by atoms with E-state index in [1.807, 2.05) is 44.3 Å². The van der Waals surface area contributed by atoms with Gasteiger partial charge in [-0.05, 0) is 50.1 Å². The van der Waals surface area contributed by atoms with E-state index in [1.165, 1.54) is 16.8 Å². The number of benzene rings is 2. The topological polar surface area (TPSA) is 26.8 Å². The van der Waals surface area contributed by atoms with Crippen molar-refractivity contribution < 1.29 is 4.79 Å². The van der Waals surface area contributed by atoms with Gasteiger partial charge in [-0.1, -0.05) is 30.3 Å². The van der Waals surface area contributed by atoms with Crippen molar-refractivity contribution in [2.45, 2.75) is 26.8 Å². The third-order valence-corrected chi connectivity index (χ3v) is 5.61. The van der Waals surface area contributed by atoms with Gasteiger partial charge in [-0.15, -0.1) is 0 Å². The molecule has 0 aromatic heterocycles. The maximum atomic E-state index is 12.9. The zero-order valence-corrected chi connectivity index (χ0v) is 16.3. The van der Waals surface area contributed by atoms with E-state index in [4.69, 9.17) is 0 Å². The SMILES string of the molecule is Cc1cccc(N2CCN(C(C)C(=O)N(C)c3ccccc3)CC2)c1C. The Morgan fingerprint density at radius 3 is 2.27 bits per heavy atom. The van der Waals surface area contributed by atoms with Crippen molar-refractivity contribution in [3.63, 3.8) is 0 Å². The summed E-state index contributed by atoms with van der Waals surface area (Å²) in [6, 6.07) is 16.2. The van der Waals surface area contributed by atoms with E-state index in [0.29, 0.717) is 0 Å². The average Bonchev–Trinajstić information content (AvgIpc) is 2.69. The van der Waals surface area contributed by atoms with E-state index in [9.17, 15) is 4.79 Å². The number of piperazine rings is 1. The molecule has 1 amide bonds. The van der Waals surface area contributed by atoms with Crippen molar-refractivity contribution in [3.8, 4) is 0 Å². The molecule has 138 valence electrons. The molecule has 2 aromatic carbocycles. The van der Waals surface area contributed by atoms with Crippen molar-refractivity contribution in [1.29, 1.82) is 0 Å². The van der Waals surface area contributed by atoms with Gasteiger partial charge in [-0.3, -0.25) is 9.69 Å². The Morgan fingerprint density at radius 1 is 0.962 bits per heavy atom. The van der Waals surface area contributed by atoms with Gasteiger partial charge >= 0.3 is 0 Å². The molecular weight excluding hydrogens is 322 g/mol. The summed E-state index contributed by atoms with van der Waals surface area (Å²) in [6.45, 7) is 10.1. The second kappa shape index (κ2) is 7.92. The summed E-state index contributed by atoms with van der Waals surface area (Å²) in [4.78, 5) is 19.4. The lowest BCUT2D eigenvalue weighted by Gasteiger charge is -2.40. The molecule has 4 nitrogen and oxygen atoms in total. The molecule has 1 aliphatic heterocycles.